The summed E-state index contributed by atoms with van der Waals surface area (Å²) in [5.41, 5.74) is -0.814. The Morgan fingerprint density at radius 3 is 2.62 bits per heavy atom. The number of hydrogen-bond donors (Lipinski definition) is 1. The molecule has 1 heterocycles. The largest absolute Gasteiger partial charge is 0.417 e. The average Bonchev–Trinajstić information content (AvgIpc) is 2.40. The summed E-state index contributed by atoms with van der Waals surface area (Å²) in [4.78, 5) is 24.9. The fourth-order valence-electron chi connectivity index (χ4n) is 2.23. The first-order chi connectivity index (χ1) is 9.75. The van der Waals surface area contributed by atoms with Gasteiger partial charge in [0, 0.05) is 10.2 Å². The SMILES string of the molecule is CCC1C(=O)NCC(=O)N1c1ccc(Br)c(C(F)(F)F)c1. The summed E-state index contributed by atoms with van der Waals surface area (Å²) in [5, 5.41) is 2.43. The summed E-state index contributed by atoms with van der Waals surface area (Å²) < 4.78 is 38.7. The minimum Gasteiger partial charge on any atom is -0.345 e. The first-order valence-electron chi connectivity index (χ1n) is 6.22. The van der Waals surface area contributed by atoms with Crippen molar-refractivity contribution in [3.05, 3.63) is 28.2 Å². The molecule has 2 amide bonds. The van der Waals surface area contributed by atoms with E-state index in [0.717, 1.165) is 11.0 Å². The lowest BCUT2D eigenvalue weighted by molar-refractivity contribution is -0.138. The Morgan fingerprint density at radius 2 is 2.05 bits per heavy atom. The molecule has 0 aliphatic carbocycles. The molecule has 0 radical (unpaired) electrons. The number of rotatable bonds is 2. The van der Waals surface area contributed by atoms with Crippen molar-refractivity contribution in [2.75, 3.05) is 11.4 Å². The van der Waals surface area contributed by atoms with Gasteiger partial charge in [-0.25, -0.2) is 0 Å². The maximum atomic E-state index is 12.9. The van der Waals surface area contributed by atoms with Crippen molar-refractivity contribution in [1.82, 2.24) is 5.32 Å². The van der Waals surface area contributed by atoms with Gasteiger partial charge in [0.1, 0.15) is 6.04 Å². The molecule has 8 heteroatoms. The van der Waals surface area contributed by atoms with Gasteiger partial charge in [0.2, 0.25) is 11.8 Å². The molecular formula is C13H12BrF3N2O2. The molecule has 4 nitrogen and oxygen atoms in total. The zero-order valence-corrected chi connectivity index (χ0v) is 12.6. The van der Waals surface area contributed by atoms with Crippen molar-refractivity contribution < 1.29 is 22.8 Å². The number of anilines is 1. The van der Waals surface area contributed by atoms with E-state index in [1.165, 1.54) is 12.1 Å². The lowest BCUT2D eigenvalue weighted by Gasteiger charge is -2.34. The first-order valence-corrected chi connectivity index (χ1v) is 7.01. The highest BCUT2D eigenvalue weighted by Gasteiger charge is 2.37. The molecule has 1 saturated heterocycles. The molecule has 21 heavy (non-hydrogen) atoms. The molecule has 1 aliphatic heterocycles. The molecule has 1 aromatic rings. The molecule has 0 aromatic heterocycles. The van der Waals surface area contributed by atoms with Gasteiger partial charge in [0.25, 0.3) is 0 Å². The van der Waals surface area contributed by atoms with Gasteiger partial charge in [-0.3, -0.25) is 14.5 Å². The predicted molar refractivity (Wildman–Crippen MR) is 73.7 cm³/mol. The van der Waals surface area contributed by atoms with E-state index in [1.807, 2.05) is 0 Å². The molecule has 0 bridgehead atoms. The second kappa shape index (κ2) is 5.67. The van der Waals surface area contributed by atoms with Crippen LogP contribution in [0.3, 0.4) is 0 Å². The van der Waals surface area contributed by atoms with Crippen LogP contribution in [-0.2, 0) is 15.8 Å². The topological polar surface area (TPSA) is 49.4 Å². The summed E-state index contributed by atoms with van der Waals surface area (Å²) in [6.07, 6.45) is -4.23. The monoisotopic (exact) mass is 364 g/mol. The van der Waals surface area contributed by atoms with Crippen molar-refractivity contribution >= 4 is 33.4 Å². The van der Waals surface area contributed by atoms with E-state index in [9.17, 15) is 22.8 Å². The third-order valence-electron chi connectivity index (χ3n) is 3.22. The number of carbonyl (C=O) groups is 2. The Bertz CT molecular complexity index is 589. The number of amides is 2. The van der Waals surface area contributed by atoms with Crippen LogP contribution in [0.1, 0.15) is 18.9 Å². The molecule has 1 unspecified atom stereocenters. The predicted octanol–water partition coefficient (Wildman–Crippen LogP) is 2.71. The highest BCUT2D eigenvalue weighted by molar-refractivity contribution is 9.10. The third kappa shape index (κ3) is 3.04. The van der Waals surface area contributed by atoms with E-state index < -0.39 is 23.7 Å². The molecule has 114 valence electrons. The maximum Gasteiger partial charge on any atom is 0.417 e. The molecular weight excluding hydrogens is 353 g/mol. The number of nitrogens with one attached hydrogen (secondary N) is 1. The minimum atomic E-state index is -4.54. The molecule has 1 aliphatic rings. The standard InChI is InChI=1S/C13H12BrF3N2O2/c1-2-10-12(21)18-6-11(20)19(10)7-3-4-9(14)8(5-7)13(15,16)17/h3-5,10H,2,6H2,1H3,(H,18,21). The van der Waals surface area contributed by atoms with Gasteiger partial charge in [0.05, 0.1) is 12.1 Å². The summed E-state index contributed by atoms with van der Waals surface area (Å²) in [6, 6.07) is 2.69. The normalized spacial score (nSPS) is 19.7. The molecule has 0 spiro atoms. The van der Waals surface area contributed by atoms with Crippen LogP contribution in [0.5, 0.6) is 0 Å². The average molecular weight is 365 g/mol. The summed E-state index contributed by atoms with van der Waals surface area (Å²) in [5.74, 6) is -0.800. The minimum absolute atomic E-state index is 0.0669. The number of halogens is 4. The van der Waals surface area contributed by atoms with Crippen LogP contribution in [0.25, 0.3) is 0 Å². The Hall–Kier alpha value is -1.57. The summed E-state index contributed by atoms with van der Waals surface area (Å²) in [6.45, 7) is 1.48. The van der Waals surface area contributed by atoms with Gasteiger partial charge in [-0.2, -0.15) is 13.2 Å². The zero-order chi connectivity index (χ0) is 15.8. The fourth-order valence-corrected chi connectivity index (χ4v) is 2.70. The van der Waals surface area contributed by atoms with Crippen molar-refractivity contribution in [3.63, 3.8) is 0 Å². The van der Waals surface area contributed by atoms with Gasteiger partial charge in [-0.15, -0.1) is 0 Å². The Kier molecular flexibility index (Phi) is 4.27. The van der Waals surface area contributed by atoms with Crippen LogP contribution >= 0.6 is 15.9 Å². The quantitative estimate of drug-likeness (QED) is 0.876. The number of nitrogens with zero attached hydrogens (tertiary/aromatic N) is 1. The molecule has 1 N–H and O–H groups in total. The Balaban J connectivity index is 2.49. The lowest BCUT2D eigenvalue weighted by Crippen LogP contribution is -2.58. The van der Waals surface area contributed by atoms with E-state index in [2.05, 4.69) is 21.2 Å². The van der Waals surface area contributed by atoms with Crippen molar-refractivity contribution in [3.8, 4) is 0 Å². The smallest absolute Gasteiger partial charge is 0.345 e. The number of alkyl halides is 3. The number of benzene rings is 1. The van der Waals surface area contributed by atoms with Gasteiger partial charge in [0.15, 0.2) is 0 Å². The highest BCUT2D eigenvalue weighted by Crippen LogP contribution is 2.37. The van der Waals surface area contributed by atoms with Crippen LogP contribution in [0.15, 0.2) is 22.7 Å². The van der Waals surface area contributed by atoms with Crippen molar-refractivity contribution in [2.45, 2.75) is 25.6 Å². The van der Waals surface area contributed by atoms with E-state index >= 15 is 0 Å². The second-order valence-electron chi connectivity index (χ2n) is 4.57. The first kappa shape index (κ1) is 15.8. The van der Waals surface area contributed by atoms with Crippen LogP contribution in [0.2, 0.25) is 0 Å². The molecule has 2 rings (SSSR count). The Morgan fingerprint density at radius 1 is 1.38 bits per heavy atom. The fraction of sp³-hybridized carbons (Fsp3) is 0.385. The summed E-state index contributed by atoms with van der Waals surface area (Å²) in [7, 11) is 0. The molecule has 1 atom stereocenters. The summed E-state index contributed by atoms with van der Waals surface area (Å²) >= 11 is 2.85. The van der Waals surface area contributed by atoms with Gasteiger partial charge >= 0.3 is 6.18 Å². The van der Waals surface area contributed by atoms with Gasteiger partial charge in [-0.05, 0) is 24.6 Å². The van der Waals surface area contributed by atoms with Crippen LogP contribution in [-0.4, -0.2) is 24.4 Å². The molecule has 1 aromatic carbocycles. The number of hydrogen-bond acceptors (Lipinski definition) is 2. The van der Waals surface area contributed by atoms with Gasteiger partial charge < -0.3 is 5.32 Å². The van der Waals surface area contributed by atoms with E-state index in [0.29, 0.717) is 6.42 Å². The van der Waals surface area contributed by atoms with Gasteiger partial charge in [-0.1, -0.05) is 22.9 Å². The second-order valence-corrected chi connectivity index (χ2v) is 5.42. The zero-order valence-electron chi connectivity index (χ0n) is 11.0. The van der Waals surface area contributed by atoms with E-state index in [4.69, 9.17) is 0 Å². The van der Waals surface area contributed by atoms with Crippen molar-refractivity contribution in [1.29, 1.82) is 0 Å². The van der Waals surface area contributed by atoms with E-state index in [-0.39, 0.29) is 22.6 Å². The van der Waals surface area contributed by atoms with Crippen molar-refractivity contribution in [2.24, 2.45) is 0 Å². The third-order valence-corrected chi connectivity index (χ3v) is 3.91. The lowest BCUT2D eigenvalue weighted by atomic mass is 10.1. The molecule has 0 saturated carbocycles. The van der Waals surface area contributed by atoms with E-state index in [1.54, 1.807) is 6.92 Å². The number of carbonyl (C=O) groups excluding carboxylic acids is 2. The highest BCUT2D eigenvalue weighted by atomic mass is 79.9. The van der Waals surface area contributed by atoms with Crippen LogP contribution < -0.4 is 10.2 Å². The maximum absolute atomic E-state index is 12.9. The van der Waals surface area contributed by atoms with Crippen LogP contribution in [0, 0.1) is 0 Å². The Labute approximate surface area is 127 Å². The van der Waals surface area contributed by atoms with Crippen LogP contribution in [0.4, 0.5) is 18.9 Å². The molecule has 1 fully saturated rings. The number of piperazine rings is 1.